The standard InChI is InChI=1S/C18H19N3OS/c1-12-8-16(20-15-9-13(11-22)4-5-14(12)15)17-10-19-18(23-17)21-6-2-3-7-21/h4-5,8-10,22H,2-3,6-7,11H2,1H3. The van der Waals surface area contributed by atoms with Crippen LogP contribution in [0, 0.1) is 6.92 Å². The van der Waals surface area contributed by atoms with Crippen molar-refractivity contribution in [3.05, 3.63) is 41.6 Å². The van der Waals surface area contributed by atoms with Crippen LogP contribution in [0.2, 0.25) is 0 Å². The van der Waals surface area contributed by atoms with Gasteiger partial charge in [0.05, 0.1) is 22.7 Å². The molecule has 1 N–H and O–H groups in total. The zero-order valence-corrected chi connectivity index (χ0v) is 13.9. The number of benzene rings is 1. The predicted molar refractivity (Wildman–Crippen MR) is 95.0 cm³/mol. The van der Waals surface area contributed by atoms with Crippen LogP contribution in [0.5, 0.6) is 0 Å². The van der Waals surface area contributed by atoms with E-state index >= 15 is 0 Å². The molecule has 0 bridgehead atoms. The third-order valence-electron chi connectivity index (χ3n) is 4.39. The molecule has 3 aromatic rings. The van der Waals surface area contributed by atoms with E-state index in [0.29, 0.717) is 0 Å². The van der Waals surface area contributed by atoms with Crippen molar-refractivity contribution < 1.29 is 5.11 Å². The lowest BCUT2D eigenvalue weighted by Crippen LogP contribution is -2.16. The highest BCUT2D eigenvalue weighted by atomic mass is 32.1. The van der Waals surface area contributed by atoms with Gasteiger partial charge >= 0.3 is 0 Å². The zero-order chi connectivity index (χ0) is 15.8. The van der Waals surface area contributed by atoms with Gasteiger partial charge in [0.1, 0.15) is 0 Å². The van der Waals surface area contributed by atoms with Crippen LogP contribution < -0.4 is 4.90 Å². The number of pyridine rings is 1. The van der Waals surface area contributed by atoms with Crippen LogP contribution in [0.1, 0.15) is 24.0 Å². The maximum absolute atomic E-state index is 9.34. The van der Waals surface area contributed by atoms with Gasteiger partial charge in [0.2, 0.25) is 0 Å². The SMILES string of the molecule is Cc1cc(-c2cnc(N3CCCC3)s2)nc2cc(CO)ccc12. The van der Waals surface area contributed by atoms with Crippen LogP contribution in [-0.2, 0) is 6.61 Å². The van der Waals surface area contributed by atoms with Crippen LogP contribution in [0.25, 0.3) is 21.5 Å². The van der Waals surface area contributed by atoms with Gasteiger partial charge in [-0.1, -0.05) is 23.5 Å². The number of nitrogens with zero attached hydrogens (tertiary/aromatic N) is 3. The molecule has 0 atom stereocenters. The molecule has 1 fully saturated rings. The van der Waals surface area contributed by atoms with Crippen LogP contribution in [-0.4, -0.2) is 28.2 Å². The summed E-state index contributed by atoms with van der Waals surface area (Å²) in [4.78, 5) is 12.8. The highest BCUT2D eigenvalue weighted by molar-refractivity contribution is 7.18. The van der Waals surface area contributed by atoms with E-state index in [-0.39, 0.29) is 6.61 Å². The normalized spacial score (nSPS) is 14.8. The minimum atomic E-state index is 0.0422. The molecular weight excluding hydrogens is 306 g/mol. The van der Waals surface area contributed by atoms with Crippen molar-refractivity contribution in [3.8, 4) is 10.6 Å². The molecule has 1 aromatic carbocycles. The maximum atomic E-state index is 9.34. The average molecular weight is 325 g/mol. The first kappa shape index (κ1) is 14.6. The van der Waals surface area contributed by atoms with E-state index in [4.69, 9.17) is 4.98 Å². The zero-order valence-electron chi connectivity index (χ0n) is 13.1. The van der Waals surface area contributed by atoms with Crippen LogP contribution in [0.15, 0.2) is 30.5 Å². The Morgan fingerprint density at radius 1 is 1.22 bits per heavy atom. The number of rotatable bonds is 3. The minimum Gasteiger partial charge on any atom is -0.392 e. The summed E-state index contributed by atoms with van der Waals surface area (Å²) in [6.45, 7) is 4.36. The molecule has 0 amide bonds. The monoisotopic (exact) mass is 325 g/mol. The Morgan fingerprint density at radius 3 is 2.83 bits per heavy atom. The van der Waals surface area contributed by atoms with E-state index in [0.717, 1.165) is 45.3 Å². The third-order valence-corrected chi connectivity index (χ3v) is 5.47. The van der Waals surface area contributed by atoms with Crippen molar-refractivity contribution in [1.29, 1.82) is 0 Å². The van der Waals surface area contributed by atoms with Gasteiger partial charge in [0, 0.05) is 24.7 Å². The molecule has 118 valence electrons. The van der Waals surface area contributed by atoms with Crippen molar-refractivity contribution in [1.82, 2.24) is 9.97 Å². The van der Waals surface area contributed by atoms with Crippen molar-refractivity contribution in [2.45, 2.75) is 26.4 Å². The van der Waals surface area contributed by atoms with Crippen molar-refractivity contribution >= 4 is 27.4 Å². The Labute approximate surface area is 139 Å². The number of fused-ring (bicyclic) bond motifs is 1. The summed E-state index contributed by atoms with van der Waals surface area (Å²) in [6, 6.07) is 8.08. The van der Waals surface area contributed by atoms with E-state index in [1.165, 1.54) is 18.4 Å². The number of aromatic nitrogens is 2. The predicted octanol–water partition coefficient (Wildman–Crippen LogP) is 3.76. The second-order valence-electron chi connectivity index (χ2n) is 6.04. The molecule has 23 heavy (non-hydrogen) atoms. The summed E-state index contributed by atoms with van der Waals surface area (Å²) in [5, 5.41) is 11.6. The summed E-state index contributed by atoms with van der Waals surface area (Å²) in [6.07, 6.45) is 4.44. The lowest BCUT2D eigenvalue weighted by Gasteiger charge is -2.12. The molecule has 0 radical (unpaired) electrons. The number of hydrogen-bond acceptors (Lipinski definition) is 5. The fraction of sp³-hybridized carbons (Fsp3) is 0.333. The summed E-state index contributed by atoms with van der Waals surface area (Å²) in [5.41, 5.74) is 3.99. The number of anilines is 1. The fourth-order valence-electron chi connectivity index (χ4n) is 3.11. The molecule has 3 heterocycles. The van der Waals surface area contributed by atoms with Gasteiger partial charge in [-0.3, -0.25) is 0 Å². The van der Waals surface area contributed by atoms with Crippen molar-refractivity contribution in [2.24, 2.45) is 0 Å². The van der Waals surface area contributed by atoms with Gasteiger partial charge in [0.25, 0.3) is 0 Å². The van der Waals surface area contributed by atoms with Gasteiger partial charge in [0.15, 0.2) is 5.13 Å². The van der Waals surface area contributed by atoms with Gasteiger partial charge in [-0.15, -0.1) is 0 Å². The highest BCUT2D eigenvalue weighted by Gasteiger charge is 2.17. The van der Waals surface area contributed by atoms with Crippen molar-refractivity contribution in [2.75, 3.05) is 18.0 Å². The van der Waals surface area contributed by atoms with Crippen molar-refractivity contribution in [3.63, 3.8) is 0 Å². The lowest BCUT2D eigenvalue weighted by molar-refractivity contribution is 0.282. The molecule has 0 unspecified atom stereocenters. The van der Waals surface area contributed by atoms with Crippen LogP contribution >= 0.6 is 11.3 Å². The largest absolute Gasteiger partial charge is 0.392 e. The molecule has 1 saturated heterocycles. The van der Waals surface area contributed by atoms with E-state index in [1.54, 1.807) is 11.3 Å². The second kappa shape index (κ2) is 5.91. The van der Waals surface area contributed by atoms with Crippen LogP contribution in [0.3, 0.4) is 0 Å². The second-order valence-corrected chi connectivity index (χ2v) is 7.04. The smallest absolute Gasteiger partial charge is 0.185 e. The van der Waals surface area contributed by atoms with E-state index in [9.17, 15) is 5.11 Å². The molecule has 2 aromatic heterocycles. The average Bonchev–Trinajstić information content (AvgIpc) is 3.25. The first-order valence-corrected chi connectivity index (χ1v) is 8.78. The topological polar surface area (TPSA) is 49.2 Å². The Morgan fingerprint density at radius 2 is 2.04 bits per heavy atom. The molecule has 4 nitrogen and oxygen atoms in total. The Bertz CT molecular complexity index is 853. The fourth-order valence-corrected chi connectivity index (χ4v) is 4.04. The van der Waals surface area contributed by atoms with E-state index < -0.39 is 0 Å². The quantitative estimate of drug-likeness (QED) is 0.796. The Hall–Kier alpha value is -1.98. The Kier molecular flexibility index (Phi) is 3.75. The molecular formula is C18H19N3OS. The van der Waals surface area contributed by atoms with Crippen LogP contribution in [0.4, 0.5) is 5.13 Å². The molecule has 5 heteroatoms. The molecule has 0 aliphatic carbocycles. The molecule has 0 spiro atoms. The van der Waals surface area contributed by atoms with Gasteiger partial charge in [-0.05, 0) is 43.0 Å². The molecule has 0 saturated carbocycles. The molecule has 1 aliphatic heterocycles. The summed E-state index contributed by atoms with van der Waals surface area (Å²) >= 11 is 1.71. The van der Waals surface area contributed by atoms with Gasteiger partial charge in [-0.2, -0.15) is 0 Å². The van der Waals surface area contributed by atoms with Gasteiger partial charge in [-0.25, -0.2) is 9.97 Å². The Balaban J connectivity index is 1.76. The highest BCUT2D eigenvalue weighted by Crippen LogP contribution is 2.33. The van der Waals surface area contributed by atoms with Gasteiger partial charge < -0.3 is 10.0 Å². The first-order chi connectivity index (χ1) is 11.2. The summed E-state index contributed by atoms with van der Waals surface area (Å²) < 4.78 is 0. The molecule has 4 rings (SSSR count). The van der Waals surface area contributed by atoms with E-state index in [2.05, 4.69) is 22.9 Å². The van der Waals surface area contributed by atoms with E-state index in [1.807, 2.05) is 24.4 Å². The lowest BCUT2D eigenvalue weighted by atomic mass is 10.1. The minimum absolute atomic E-state index is 0.0422. The number of thiazole rings is 1. The number of aliphatic hydroxyl groups is 1. The number of hydrogen-bond donors (Lipinski definition) is 1. The third kappa shape index (κ3) is 2.71. The number of aryl methyl sites for hydroxylation is 1. The first-order valence-electron chi connectivity index (χ1n) is 7.97. The number of aliphatic hydroxyl groups excluding tert-OH is 1. The summed E-state index contributed by atoms with van der Waals surface area (Å²) in [7, 11) is 0. The molecule has 1 aliphatic rings. The summed E-state index contributed by atoms with van der Waals surface area (Å²) in [5.74, 6) is 0. The maximum Gasteiger partial charge on any atom is 0.185 e.